The first-order valence-corrected chi connectivity index (χ1v) is 3.53. The third kappa shape index (κ3) is 0.478. The molecule has 3 rings (SSSR count). The Balaban J connectivity index is 1.98. The van der Waals surface area contributed by atoms with Crippen LogP contribution in [0.5, 0.6) is 0 Å². The zero-order chi connectivity index (χ0) is 5.84. The van der Waals surface area contributed by atoms with Crippen LogP contribution in [0.1, 0.15) is 6.42 Å². The molecule has 4 atom stereocenters. The lowest BCUT2D eigenvalue weighted by molar-refractivity contribution is 0.344. The van der Waals surface area contributed by atoms with Gasteiger partial charge in [-0.2, -0.15) is 0 Å². The molecule has 0 aromatic carbocycles. The maximum atomic E-state index is 5.35. The molecular weight excluding hydrogens is 114 g/mol. The third-order valence-electron chi connectivity index (χ3n) is 2.44. The fraction of sp³-hybridized carbons (Fsp3) is 0.714. The minimum absolute atomic E-state index is 0.406. The third-order valence-corrected chi connectivity index (χ3v) is 2.44. The summed E-state index contributed by atoms with van der Waals surface area (Å²) >= 11 is 0. The number of hydrogen-bond donors (Lipinski definition) is 1. The van der Waals surface area contributed by atoms with Crippen molar-refractivity contribution in [3.8, 4) is 0 Å². The van der Waals surface area contributed by atoms with Gasteiger partial charge in [0.05, 0.1) is 0 Å². The quantitative estimate of drug-likeness (QED) is 0.369. The Morgan fingerprint density at radius 2 is 2.44 bits per heavy atom. The molecule has 2 aliphatic heterocycles. The molecule has 2 fully saturated rings. The van der Waals surface area contributed by atoms with Crippen molar-refractivity contribution in [2.75, 3.05) is 0 Å². The Kier molecular flexibility index (Phi) is 0.608. The number of fused-ring (bicyclic) bond motifs is 4. The predicted molar refractivity (Wildman–Crippen MR) is 32.8 cm³/mol. The largest absolute Gasteiger partial charge is 0.353 e. The predicted octanol–water partition coefficient (Wildman–Crippen LogP) is 0.259. The lowest BCUT2D eigenvalue weighted by atomic mass is 10.0. The Morgan fingerprint density at radius 3 is 3.44 bits per heavy atom. The average Bonchev–Trinajstić information content (AvgIpc) is 2.50. The molecule has 0 aromatic heterocycles. The van der Waals surface area contributed by atoms with E-state index in [4.69, 9.17) is 4.74 Å². The fourth-order valence-electron chi connectivity index (χ4n) is 1.89. The fourth-order valence-corrected chi connectivity index (χ4v) is 1.89. The molecule has 9 heavy (non-hydrogen) atoms. The van der Waals surface area contributed by atoms with Crippen LogP contribution in [0.25, 0.3) is 0 Å². The normalized spacial score (nSPS) is 59.6. The van der Waals surface area contributed by atoms with Crippen LogP contribution in [-0.2, 0) is 4.74 Å². The summed E-state index contributed by atoms with van der Waals surface area (Å²) in [7, 11) is 0. The molecule has 0 aromatic rings. The Bertz CT molecular complexity index is 178. The van der Waals surface area contributed by atoms with Crippen molar-refractivity contribution >= 4 is 0 Å². The van der Waals surface area contributed by atoms with Crippen molar-refractivity contribution in [3.05, 3.63) is 12.2 Å². The van der Waals surface area contributed by atoms with Crippen LogP contribution in [0.15, 0.2) is 12.2 Å². The lowest BCUT2D eigenvalue weighted by Gasteiger charge is -2.15. The van der Waals surface area contributed by atoms with Crippen LogP contribution in [0, 0.1) is 5.92 Å². The van der Waals surface area contributed by atoms with E-state index in [0.29, 0.717) is 18.4 Å². The van der Waals surface area contributed by atoms with Crippen LogP contribution < -0.4 is 5.32 Å². The summed E-state index contributed by atoms with van der Waals surface area (Å²) in [5.74, 6) is 0.737. The van der Waals surface area contributed by atoms with E-state index in [1.165, 1.54) is 6.42 Å². The highest BCUT2D eigenvalue weighted by Crippen LogP contribution is 2.39. The number of piperidine rings is 1. The van der Waals surface area contributed by atoms with E-state index >= 15 is 0 Å². The van der Waals surface area contributed by atoms with Gasteiger partial charge in [-0.15, -0.1) is 0 Å². The van der Waals surface area contributed by atoms with Gasteiger partial charge in [0.1, 0.15) is 12.3 Å². The van der Waals surface area contributed by atoms with Crippen LogP contribution >= 0.6 is 0 Å². The maximum Gasteiger partial charge on any atom is 0.136 e. The Labute approximate surface area is 53.9 Å². The van der Waals surface area contributed by atoms with E-state index in [1.54, 1.807) is 0 Å². The van der Waals surface area contributed by atoms with E-state index in [9.17, 15) is 0 Å². The molecule has 2 saturated heterocycles. The number of rotatable bonds is 0. The van der Waals surface area contributed by atoms with Crippen LogP contribution in [0.4, 0.5) is 0 Å². The Morgan fingerprint density at radius 1 is 1.44 bits per heavy atom. The van der Waals surface area contributed by atoms with Crippen molar-refractivity contribution in [3.63, 3.8) is 0 Å². The standard InChI is InChI=1S/C7H9NO/c1-2-5-3-4(1)6-7(8-5)9-6/h1-2,4-8H,3H2. The van der Waals surface area contributed by atoms with E-state index < -0.39 is 0 Å². The van der Waals surface area contributed by atoms with E-state index in [-0.39, 0.29) is 0 Å². The molecule has 2 bridgehead atoms. The second-order valence-corrected chi connectivity index (χ2v) is 3.08. The zero-order valence-electron chi connectivity index (χ0n) is 5.08. The van der Waals surface area contributed by atoms with Gasteiger partial charge in [-0.3, -0.25) is 5.32 Å². The van der Waals surface area contributed by atoms with E-state index in [1.807, 2.05) is 0 Å². The highest BCUT2D eigenvalue weighted by atomic mass is 16.6. The second kappa shape index (κ2) is 1.22. The summed E-state index contributed by atoms with van der Waals surface area (Å²) in [5.41, 5.74) is 0. The molecule has 2 nitrogen and oxygen atoms in total. The van der Waals surface area contributed by atoms with Gasteiger partial charge in [-0.1, -0.05) is 12.2 Å². The highest BCUT2D eigenvalue weighted by Gasteiger charge is 2.50. The Hall–Kier alpha value is -0.340. The van der Waals surface area contributed by atoms with Crippen LogP contribution in [0.2, 0.25) is 0 Å². The van der Waals surface area contributed by atoms with Gasteiger partial charge >= 0.3 is 0 Å². The van der Waals surface area contributed by atoms with Crippen molar-refractivity contribution < 1.29 is 4.74 Å². The lowest BCUT2D eigenvalue weighted by Crippen LogP contribution is -2.35. The highest BCUT2D eigenvalue weighted by molar-refractivity contribution is 5.16. The minimum Gasteiger partial charge on any atom is -0.353 e. The molecule has 3 aliphatic rings. The van der Waals surface area contributed by atoms with Crippen LogP contribution in [0.3, 0.4) is 0 Å². The minimum atomic E-state index is 0.406. The maximum absolute atomic E-state index is 5.35. The van der Waals surface area contributed by atoms with Gasteiger partial charge < -0.3 is 4.74 Å². The van der Waals surface area contributed by atoms with Crippen molar-refractivity contribution in [2.24, 2.45) is 5.92 Å². The molecule has 4 unspecified atom stereocenters. The molecule has 0 radical (unpaired) electrons. The molecule has 0 amide bonds. The molecule has 2 heterocycles. The summed E-state index contributed by atoms with van der Waals surface area (Å²) in [6, 6.07) is 0.624. The molecule has 0 saturated carbocycles. The molecule has 1 aliphatic carbocycles. The molecule has 2 heteroatoms. The second-order valence-electron chi connectivity index (χ2n) is 3.08. The van der Waals surface area contributed by atoms with Gasteiger partial charge in [0.15, 0.2) is 0 Å². The first-order chi connectivity index (χ1) is 4.43. The van der Waals surface area contributed by atoms with Gasteiger partial charge in [-0.25, -0.2) is 0 Å². The molecule has 48 valence electrons. The number of hydrogen-bond acceptors (Lipinski definition) is 2. The summed E-state index contributed by atoms with van der Waals surface area (Å²) in [4.78, 5) is 0. The summed E-state index contributed by atoms with van der Waals surface area (Å²) in [5, 5.41) is 3.37. The summed E-state index contributed by atoms with van der Waals surface area (Å²) in [6.07, 6.45) is 6.75. The van der Waals surface area contributed by atoms with Crippen molar-refractivity contribution in [1.29, 1.82) is 0 Å². The summed E-state index contributed by atoms with van der Waals surface area (Å²) < 4.78 is 5.35. The SMILES string of the molecule is C1=CC2CC1NC1OC21. The van der Waals surface area contributed by atoms with Crippen molar-refractivity contribution in [1.82, 2.24) is 5.32 Å². The van der Waals surface area contributed by atoms with E-state index in [0.717, 1.165) is 5.92 Å². The monoisotopic (exact) mass is 123 g/mol. The first kappa shape index (κ1) is 4.47. The zero-order valence-corrected chi connectivity index (χ0v) is 5.08. The number of epoxide rings is 1. The van der Waals surface area contributed by atoms with Gasteiger partial charge in [0, 0.05) is 12.0 Å². The molecule has 1 N–H and O–H groups in total. The topological polar surface area (TPSA) is 24.6 Å². The average molecular weight is 123 g/mol. The van der Waals surface area contributed by atoms with Crippen LogP contribution in [-0.4, -0.2) is 18.4 Å². The number of ether oxygens (including phenoxy) is 1. The smallest absolute Gasteiger partial charge is 0.136 e. The number of nitrogens with one attached hydrogen (secondary N) is 1. The van der Waals surface area contributed by atoms with Gasteiger partial charge in [0.2, 0.25) is 0 Å². The molecule has 0 spiro atoms. The molecular formula is C7H9NO. The van der Waals surface area contributed by atoms with Gasteiger partial charge in [0.25, 0.3) is 0 Å². The van der Waals surface area contributed by atoms with Gasteiger partial charge in [-0.05, 0) is 6.42 Å². The first-order valence-electron chi connectivity index (χ1n) is 3.53. The summed E-state index contributed by atoms with van der Waals surface area (Å²) in [6.45, 7) is 0. The van der Waals surface area contributed by atoms with E-state index in [2.05, 4.69) is 17.5 Å². The van der Waals surface area contributed by atoms with Crippen molar-refractivity contribution in [2.45, 2.75) is 24.8 Å².